The van der Waals surface area contributed by atoms with Crippen LogP contribution < -0.4 is 5.32 Å². The van der Waals surface area contributed by atoms with Crippen molar-refractivity contribution >= 4 is 17.4 Å². The van der Waals surface area contributed by atoms with Crippen LogP contribution in [0.1, 0.15) is 36.8 Å². The van der Waals surface area contributed by atoms with E-state index in [0.717, 1.165) is 36.8 Å². The molecule has 94 valence electrons. The van der Waals surface area contributed by atoms with E-state index in [1.165, 1.54) is 0 Å². The molecule has 0 saturated heterocycles. The first kappa shape index (κ1) is 12.6. The largest absolute Gasteiger partial charge is 0.388 e. The van der Waals surface area contributed by atoms with Crippen LogP contribution in [0.4, 0.5) is 5.82 Å². The number of nitrogens with zero attached hydrogens (tertiary/aromatic N) is 2. The maximum atomic E-state index is 10.2. The molecule has 1 aromatic heterocycles. The van der Waals surface area contributed by atoms with Crippen LogP contribution >= 0.6 is 11.6 Å². The highest BCUT2D eigenvalue weighted by Crippen LogP contribution is 2.30. The van der Waals surface area contributed by atoms with Gasteiger partial charge >= 0.3 is 0 Å². The van der Waals surface area contributed by atoms with Gasteiger partial charge in [-0.3, -0.25) is 0 Å². The molecule has 0 bridgehead atoms. The second-order valence-electron chi connectivity index (χ2n) is 4.87. The summed E-state index contributed by atoms with van der Waals surface area (Å²) >= 11 is 5.89. The third-order valence-electron chi connectivity index (χ3n) is 3.58. The Morgan fingerprint density at radius 2 is 1.88 bits per heavy atom. The van der Waals surface area contributed by atoms with Gasteiger partial charge in [-0.25, -0.2) is 0 Å². The monoisotopic (exact) mass is 255 g/mol. The summed E-state index contributed by atoms with van der Waals surface area (Å²) < 4.78 is 0. The standard InChI is InChI=1S/C12H18ClN3O/c1-8-9(2)11(16-15-10(8)13)14-7-12(17)5-3-4-6-12/h17H,3-7H2,1-2H3,(H,14,16). The van der Waals surface area contributed by atoms with Crippen molar-refractivity contribution in [1.82, 2.24) is 10.2 Å². The van der Waals surface area contributed by atoms with Gasteiger partial charge in [-0.05, 0) is 37.8 Å². The Morgan fingerprint density at radius 1 is 1.24 bits per heavy atom. The molecule has 0 aliphatic heterocycles. The minimum absolute atomic E-state index is 0.438. The second kappa shape index (κ2) is 4.78. The summed E-state index contributed by atoms with van der Waals surface area (Å²) in [6.45, 7) is 4.41. The molecular formula is C12H18ClN3O. The maximum absolute atomic E-state index is 10.2. The van der Waals surface area contributed by atoms with E-state index in [0.29, 0.717) is 17.5 Å². The van der Waals surface area contributed by atoms with E-state index in [2.05, 4.69) is 15.5 Å². The van der Waals surface area contributed by atoms with Crippen molar-refractivity contribution in [2.75, 3.05) is 11.9 Å². The van der Waals surface area contributed by atoms with Crippen LogP contribution in [0.5, 0.6) is 0 Å². The van der Waals surface area contributed by atoms with Crippen molar-refractivity contribution in [2.24, 2.45) is 0 Å². The zero-order valence-corrected chi connectivity index (χ0v) is 11.0. The summed E-state index contributed by atoms with van der Waals surface area (Å²) in [5.41, 5.74) is 1.34. The van der Waals surface area contributed by atoms with Gasteiger partial charge in [0.05, 0.1) is 5.60 Å². The van der Waals surface area contributed by atoms with Crippen LogP contribution in [-0.2, 0) is 0 Å². The van der Waals surface area contributed by atoms with Crippen molar-refractivity contribution in [2.45, 2.75) is 45.1 Å². The van der Waals surface area contributed by atoms with Gasteiger partial charge in [0.25, 0.3) is 0 Å². The van der Waals surface area contributed by atoms with Crippen LogP contribution in [-0.4, -0.2) is 27.4 Å². The molecule has 5 heteroatoms. The zero-order valence-electron chi connectivity index (χ0n) is 10.3. The third-order valence-corrected chi connectivity index (χ3v) is 3.94. The quantitative estimate of drug-likeness (QED) is 0.871. The molecule has 1 aromatic rings. The van der Waals surface area contributed by atoms with Crippen LogP contribution in [0, 0.1) is 13.8 Å². The number of rotatable bonds is 3. The van der Waals surface area contributed by atoms with Gasteiger partial charge < -0.3 is 10.4 Å². The van der Waals surface area contributed by atoms with Gasteiger partial charge in [-0.2, -0.15) is 0 Å². The zero-order chi connectivity index (χ0) is 12.5. The van der Waals surface area contributed by atoms with Crippen molar-refractivity contribution in [3.8, 4) is 0 Å². The van der Waals surface area contributed by atoms with Crippen LogP contribution in [0.15, 0.2) is 0 Å². The highest BCUT2D eigenvalue weighted by Gasteiger charge is 2.31. The fourth-order valence-corrected chi connectivity index (χ4v) is 2.38. The van der Waals surface area contributed by atoms with E-state index in [4.69, 9.17) is 11.6 Å². The fourth-order valence-electron chi connectivity index (χ4n) is 2.20. The maximum Gasteiger partial charge on any atom is 0.155 e. The van der Waals surface area contributed by atoms with Gasteiger partial charge in [-0.15, -0.1) is 10.2 Å². The smallest absolute Gasteiger partial charge is 0.155 e. The van der Waals surface area contributed by atoms with Crippen LogP contribution in [0.25, 0.3) is 0 Å². The van der Waals surface area contributed by atoms with Crippen molar-refractivity contribution < 1.29 is 5.11 Å². The molecule has 2 rings (SSSR count). The van der Waals surface area contributed by atoms with E-state index >= 15 is 0 Å². The predicted octanol–water partition coefficient (Wildman–Crippen LogP) is 2.46. The molecule has 0 unspecified atom stereocenters. The molecule has 1 aliphatic carbocycles. The lowest BCUT2D eigenvalue weighted by Crippen LogP contribution is -2.34. The Morgan fingerprint density at radius 3 is 2.53 bits per heavy atom. The molecule has 1 heterocycles. The van der Waals surface area contributed by atoms with Gasteiger partial charge in [0, 0.05) is 6.54 Å². The van der Waals surface area contributed by atoms with E-state index in [9.17, 15) is 5.11 Å². The van der Waals surface area contributed by atoms with E-state index in [-0.39, 0.29) is 0 Å². The molecule has 0 spiro atoms. The van der Waals surface area contributed by atoms with Crippen LogP contribution in [0.3, 0.4) is 0 Å². The minimum atomic E-state index is -0.582. The van der Waals surface area contributed by atoms with Crippen molar-refractivity contribution in [3.63, 3.8) is 0 Å². The lowest BCUT2D eigenvalue weighted by atomic mass is 10.0. The number of anilines is 1. The molecule has 0 atom stereocenters. The average Bonchev–Trinajstić information content (AvgIpc) is 2.73. The molecule has 0 aromatic carbocycles. The van der Waals surface area contributed by atoms with E-state index in [1.807, 2.05) is 13.8 Å². The molecule has 1 fully saturated rings. The molecular weight excluding hydrogens is 238 g/mol. The van der Waals surface area contributed by atoms with Gasteiger partial charge in [0.1, 0.15) is 0 Å². The van der Waals surface area contributed by atoms with Crippen LogP contribution in [0.2, 0.25) is 5.15 Å². The second-order valence-corrected chi connectivity index (χ2v) is 5.23. The Hall–Kier alpha value is -0.870. The molecule has 1 saturated carbocycles. The summed E-state index contributed by atoms with van der Waals surface area (Å²) in [6, 6.07) is 0. The minimum Gasteiger partial charge on any atom is -0.388 e. The Bertz CT molecular complexity index is 416. The highest BCUT2D eigenvalue weighted by atomic mass is 35.5. The highest BCUT2D eigenvalue weighted by molar-refractivity contribution is 6.30. The Labute approximate surface area is 106 Å². The lowest BCUT2D eigenvalue weighted by molar-refractivity contribution is 0.0613. The first-order chi connectivity index (χ1) is 8.02. The fraction of sp³-hybridized carbons (Fsp3) is 0.667. The topological polar surface area (TPSA) is 58.0 Å². The normalized spacial score (nSPS) is 18.4. The SMILES string of the molecule is Cc1c(Cl)nnc(NCC2(O)CCCC2)c1C. The predicted molar refractivity (Wildman–Crippen MR) is 68.4 cm³/mol. The van der Waals surface area contributed by atoms with E-state index < -0.39 is 5.60 Å². The number of aliphatic hydroxyl groups is 1. The van der Waals surface area contributed by atoms with Gasteiger partial charge in [-0.1, -0.05) is 24.4 Å². The first-order valence-corrected chi connectivity index (χ1v) is 6.35. The molecule has 2 N–H and O–H groups in total. The van der Waals surface area contributed by atoms with Crippen molar-refractivity contribution in [3.05, 3.63) is 16.3 Å². The molecule has 0 radical (unpaired) electrons. The number of hydrogen-bond acceptors (Lipinski definition) is 4. The summed E-state index contributed by atoms with van der Waals surface area (Å²) in [4.78, 5) is 0. The molecule has 4 nitrogen and oxygen atoms in total. The summed E-state index contributed by atoms with van der Waals surface area (Å²) in [5, 5.41) is 21.8. The molecule has 17 heavy (non-hydrogen) atoms. The van der Waals surface area contributed by atoms with Gasteiger partial charge in [0.2, 0.25) is 0 Å². The number of halogens is 1. The molecule has 0 amide bonds. The number of aromatic nitrogens is 2. The number of hydrogen-bond donors (Lipinski definition) is 2. The first-order valence-electron chi connectivity index (χ1n) is 5.97. The Kier molecular flexibility index (Phi) is 3.54. The van der Waals surface area contributed by atoms with Crippen molar-refractivity contribution in [1.29, 1.82) is 0 Å². The van der Waals surface area contributed by atoms with Gasteiger partial charge in [0.15, 0.2) is 11.0 Å². The summed E-state index contributed by atoms with van der Waals surface area (Å²) in [6.07, 6.45) is 3.92. The van der Waals surface area contributed by atoms with E-state index in [1.54, 1.807) is 0 Å². The average molecular weight is 256 g/mol. The lowest BCUT2D eigenvalue weighted by Gasteiger charge is -2.23. The molecule has 1 aliphatic rings. The Balaban J connectivity index is 2.06. The summed E-state index contributed by atoms with van der Waals surface area (Å²) in [7, 11) is 0. The summed E-state index contributed by atoms with van der Waals surface area (Å²) in [5.74, 6) is 0.715. The third kappa shape index (κ3) is 2.69. The number of nitrogens with one attached hydrogen (secondary N) is 1.